The number of aromatic nitrogens is 1. The lowest BCUT2D eigenvalue weighted by atomic mass is 10.2. The van der Waals surface area contributed by atoms with E-state index in [4.69, 9.17) is 10.8 Å². The van der Waals surface area contributed by atoms with E-state index in [1.165, 1.54) is 6.07 Å². The van der Waals surface area contributed by atoms with Crippen LogP contribution >= 0.6 is 22.6 Å². The van der Waals surface area contributed by atoms with Gasteiger partial charge in [-0.3, -0.25) is 0 Å². The van der Waals surface area contributed by atoms with Crippen LogP contribution in [0.4, 0.5) is 8.78 Å². The topological polar surface area (TPSA) is 76.2 Å². The number of nitrogens with zero attached hydrogens (tertiary/aromatic N) is 1. The molecule has 0 atom stereocenters. The molecule has 1 aromatic rings. The highest BCUT2D eigenvalue weighted by molar-refractivity contribution is 14.1. The Kier molecular flexibility index (Phi) is 3.91. The first-order valence-electron chi connectivity index (χ1n) is 3.88. The summed E-state index contributed by atoms with van der Waals surface area (Å²) in [7, 11) is 0. The number of aromatic carboxylic acids is 1. The largest absolute Gasteiger partial charge is 0.478 e. The predicted octanol–water partition coefficient (Wildman–Crippen LogP) is 1.78. The number of rotatable bonds is 3. The smallest absolute Gasteiger partial charge is 0.336 e. The van der Waals surface area contributed by atoms with Crippen LogP contribution in [0.25, 0.3) is 0 Å². The van der Waals surface area contributed by atoms with Crippen LogP contribution in [0.15, 0.2) is 6.07 Å². The molecule has 82 valence electrons. The molecule has 0 amide bonds. The van der Waals surface area contributed by atoms with Crippen molar-refractivity contribution in [3.63, 3.8) is 0 Å². The van der Waals surface area contributed by atoms with Crippen LogP contribution in [0.2, 0.25) is 0 Å². The monoisotopic (exact) mass is 328 g/mol. The van der Waals surface area contributed by atoms with Crippen molar-refractivity contribution < 1.29 is 18.7 Å². The van der Waals surface area contributed by atoms with E-state index in [1.807, 2.05) is 0 Å². The number of carboxylic acids is 1. The second kappa shape index (κ2) is 4.79. The van der Waals surface area contributed by atoms with Gasteiger partial charge in [-0.25, -0.2) is 18.6 Å². The maximum atomic E-state index is 12.5. The standard InChI is InChI=1S/C8H7F2IN2O2/c9-7(10)6-5(11)4(8(14)15)1-3(2-12)13-6/h1,7H,2,12H2,(H,14,15). The first-order chi connectivity index (χ1) is 6.97. The van der Waals surface area contributed by atoms with Crippen molar-refractivity contribution in [1.82, 2.24) is 4.98 Å². The molecule has 0 saturated heterocycles. The fraction of sp³-hybridized carbons (Fsp3) is 0.250. The van der Waals surface area contributed by atoms with E-state index >= 15 is 0 Å². The summed E-state index contributed by atoms with van der Waals surface area (Å²) in [5, 5.41) is 8.77. The lowest BCUT2D eigenvalue weighted by Gasteiger charge is -2.08. The molecule has 15 heavy (non-hydrogen) atoms. The molecule has 0 aliphatic heterocycles. The highest BCUT2D eigenvalue weighted by Gasteiger charge is 2.20. The quantitative estimate of drug-likeness (QED) is 0.830. The number of nitrogens with two attached hydrogens (primary N) is 1. The number of carboxylic acid groups (broad SMARTS) is 1. The lowest BCUT2D eigenvalue weighted by molar-refractivity contribution is 0.0694. The average molecular weight is 328 g/mol. The number of alkyl halides is 2. The van der Waals surface area contributed by atoms with Gasteiger partial charge < -0.3 is 10.8 Å². The molecule has 1 aromatic heterocycles. The predicted molar refractivity (Wildman–Crippen MR) is 56.8 cm³/mol. The summed E-state index contributed by atoms with van der Waals surface area (Å²) in [6, 6.07) is 1.20. The summed E-state index contributed by atoms with van der Waals surface area (Å²) in [5.74, 6) is -1.27. The number of carbonyl (C=O) groups is 1. The second-order valence-corrected chi connectivity index (χ2v) is 3.75. The molecule has 1 rings (SSSR count). The van der Waals surface area contributed by atoms with Gasteiger partial charge in [0.25, 0.3) is 6.43 Å². The van der Waals surface area contributed by atoms with Crippen molar-refractivity contribution in [1.29, 1.82) is 0 Å². The van der Waals surface area contributed by atoms with Crippen molar-refractivity contribution in [2.75, 3.05) is 0 Å². The van der Waals surface area contributed by atoms with Crippen LogP contribution in [0.3, 0.4) is 0 Å². The van der Waals surface area contributed by atoms with Gasteiger partial charge in [0.2, 0.25) is 0 Å². The van der Waals surface area contributed by atoms with Crippen molar-refractivity contribution in [3.05, 3.63) is 26.6 Å². The van der Waals surface area contributed by atoms with Gasteiger partial charge in [0.05, 0.1) is 14.8 Å². The summed E-state index contributed by atoms with van der Waals surface area (Å²) in [5.41, 5.74) is 4.65. The van der Waals surface area contributed by atoms with Crippen LogP contribution in [0.1, 0.15) is 28.2 Å². The van der Waals surface area contributed by atoms with E-state index in [1.54, 1.807) is 22.6 Å². The fourth-order valence-electron chi connectivity index (χ4n) is 1.01. The Morgan fingerprint density at radius 1 is 1.67 bits per heavy atom. The summed E-state index contributed by atoms with van der Waals surface area (Å²) in [6.45, 7) is -0.0725. The van der Waals surface area contributed by atoms with Gasteiger partial charge in [-0.15, -0.1) is 0 Å². The Morgan fingerprint density at radius 2 is 2.27 bits per heavy atom. The highest BCUT2D eigenvalue weighted by atomic mass is 127. The number of halogens is 3. The van der Waals surface area contributed by atoms with Crippen LogP contribution in [-0.4, -0.2) is 16.1 Å². The molecule has 0 unspecified atom stereocenters. The first-order valence-corrected chi connectivity index (χ1v) is 4.96. The Bertz CT molecular complexity index is 398. The van der Waals surface area contributed by atoms with Crippen molar-refractivity contribution >= 4 is 28.6 Å². The van der Waals surface area contributed by atoms with Gasteiger partial charge in [-0.1, -0.05) is 0 Å². The zero-order valence-electron chi connectivity index (χ0n) is 7.38. The van der Waals surface area contributed by atoms with E-state index in [9.17, 15) is 13.6 Å². The minimum atomic E-state index is -2.80. The second-order valence-electron chi connectivity index (χ2n) is 2.67. The normalized spacial score (nSPS) is 10.7. The third-order valence-electron chi connectivity index (χ3n) is 1.68. The van der Waals surface area contributed by atoms with Gasteiger partial charge in [0, 0.05) is 6.54 Å². The van der Waals surface area contributed by atoms with E-state index in [2.05, 4.69) is 4.98 Å². The molecule has 0 radical (unpaired) electrons. The molecule has 3 N–H and O–H groups in total. The van der Waals surface area contributed by atoms with Crippen molar-refractivity contribution in [2.24, 2.45) is 5.73 Å². The number of hydrogen-bond donors (Lipinski definition) is 2. The lowest BCUT2D eigenvalue weighted by Crippen LogP contribution is -2.10. The van der Waals surface area contributed by atoms with Crippen LogP contribution < -0.4 is 5.73 Å². The molecular formula is C8H7F2IN2O2. The first kappa shape index (κ1) is 12.2. The minimum absolute atomic E-state index is 0.0488. The Balaban J connectivity index is 3.40. The SMILES string of the molecule is NCc1cc(C(=O)O)c(I)c(C(F)F)n1. The zero-order chi connectivity index (χ0) is 11.6. The maximum absolute atomic E-state index is 12.5. The van der Waals surface area contributed by atoms with Gasteiger partial charge in [0.1, 0.15) is 5.69 Å². The molecule has 4 nitrogen and oxygen atoms in total. The van der Waals surface area contributed by atoms with Gasteiger partial charge in [-0.2, -0.15) is 0 Å². The molecule has 0 spiro atoms. The summed E-state index contributed by atoms with van der Waals surface area (Å²) >= 11 is 1.54. The molecule has 0 fully saturated rings. The average Bonchev–Trinajstić information content (AvgIpc) is 2.17. The third-order valence-corrected chi connectivity index (χ3v) is 2.82. The Hall–Kier alpha value is -0.830. The number of hydrogen-bond acceptors (Lipinski definition) is 3. The minimum Gasteiger partial charge on any atom is -0.478 e. The summed E-state index contributed by atoms with van der Waals surface area (Å²) in [6.07, 6.45) is -2.80. The van der Waals surface area contributed by atoms with E-state index in [0.717, 1.165) is 0 Å². The molecule has 0 aliphatic carbocycles. The van der Waals surface area contributed by atoms with Crippen LogP contribution in [0, 0.1) is 3.57 Å². The Labute approximate surface area is 97.6 Å². The molecule has 7 heteroatoms. The van der Waals surface area contributed by atoms with Crippen LogP contribution in [-0.2, 0) is 6.54 Å². The zero-order valence-corrected chi connectivity index (χ0v) is 9.53. The van der Waals surface area contributed by atoms with E-state index < -0.39 is 18.1 Å². The number of pyridine rings is 1. The van der Waals surface area contributed by atoms with Gasteiger partial charge in [0.15, 0.2) is 0 Å². The van der Waals surface area contributed by atoms with Gasteiger partial charge in [-0.05, 0) is 28.7 Å². The van der Waals surface area contributed by atoms with E-state index in [-0.39, 0.29) is 21.4 Å². The molecule has 0 aromatic carbocycles. The van der Waals surface area contributed by atoms with E-state index in [0.29, 0.717) is 0 Å². The Morgan fingerprint density at radius 3 is 2.67 bits per heavy atom. The summed E-state index contributed by atoms with van der Waals surface area (Å²) in [4.78, 5) is 14.3. The van der Waals surface area contributed by atoms with Gasteiger partial charge >= 0.3 is 5.97 Å². The molecule has 0 bridgehead atoms. The molecule has 0 aliphatic rings. The maximum Gasteiger partial charge on any atom is 0.336 e. The van der Waals surface area contributed by atoms with Crippen LogP contribution in [0.5, 0.6) is 0 Å². The molecule has 1 heterocycles. The van der Waals surface area contributed by atoms with Crippen molar-refractivity contribution in [3.8, 4) is 0 Å². The third kappa shape index (κ3) is 2.59. The molecular weight excluding hydrogens is 321 g/mol. The fourth-order valence-corrected chi connectivity index (χ4v) is 1.75. The summed E-state index contributed by atoms with van der Waals surface area (Å²) < 4.78 is 24.9. The molecule has 0 saturated carbocycles. The van der Waals surface area contributed by atoms with Crippen molar-refractivity contribution in [2.45, 2.75) is 13.0 Å². The highest BCUT2D eigenvalue weighted by Crippen LogP contribution is 2.25.